The molecule has 8 heteroatoms. The van der Waals surface area contributed by atoms with Crippen LogP contribution in [0.5, 0.6) is 0 Å². The van der Waals surface area contributed by atoms with Crippen LogP contribution in [-0.4, -0.2) is 55.4 Å². The number of rotatable bonds is 4. The maximum Gasteiger partial charge on any atom is 0.256 e. The number of nitrogens with zero attached hydrogens (tertiary/aromatic N) is 6. The largest absolute Gasteiger partial charge is 0.337 e. The van der Waals surface area contributed by atoms with Crippen LogP contribution in [0.4, 0.5) is 0 Å². The summed E-state index contributed by atoms with van der Waals surface area (Å²) in [5.41, 5.74) is 1.69. The smallest absolute Gasteiger partial charge is 0.256 e. The van der Waals surface area contributed by atoms with E-state index in [-0.39, 0.29) is 11.9 Å². The van der Waals surface area contributed by atoms with Crippen molar-refractivity contribution in [2.75, 3.05) is 19.6 Å². The number of hydrogen-bond donors (Lipinski definition) is 0. The fourth-order valence-electron chi connectivity index (χ4n) is 3.51. The quantitative estimate of drug-likeness (QED) is 0.688. The molecule has 0 aliphatic carbocycles. The molecule has 8 nitrogen and oxygen atoms in total. The van der Waals surface area contributed by atoms with E-state index in [1.165, 1.54) is 0 Å². The molecule has 1 amide bonds. The van der Waals surface area contributed by atoms with E-state index in [9.17, 15) is 4.79 Å². The van der Waals surface area contributed by atoms with Gasteiger partial charge in [-0.05, 0) is 37.1 Å². The molecule has 1 atom stereocenters. The second kappa shape index (κ2) is 8.26. The van der Waals surface area contributed by atoms with E-state index in [0.29, 0.717) is 30.4 Å². The summed E-state index contributed by atoms with van der Waals surface area (Å²) in [4.78, 5) is 30.0. The van der Waals surface area contributed by atoms with Crippen molar-refractivity contribution in [3.63, 3.8) is 0 Å². The van der Waals surface area contributed by atoms with Crippen LogP contribution in [0.2, 0.25) is 0 Å². The van der Waals surface area contributed by atoms with Crippen LogP contribution in [0.3, 0.4) is 0 Å². The van der Waals surface area contributed by atoms with Crippen LogP contribution in [0.1, 0.15) is 40.1 Å². The zero-order valence-electron chi connectivity index (χ0n) is 15.7. The van der Waals surface area contributed by atoms with E-state index >= 15 is 0 Å². The van der Waals surface area contributed by atoms with E-state index in [4.69, 9.17) is 4.52 Å². The van der Waals surface area contributed by atoms with Gasteiger partial charge in [-0.3, -0.25) is 19.7 Å². The van der Waals surface area contributed by atoms with Crippen LogP contribution in [0.15, 0.2) is 53.6 Å². The van der Waals surface area contributed by atoms with Crippen LogP contribution in [0, 0.1) is 6.92 Å². The van der Waals surface area contributed by atoms with Gasteiger partial charge in [-0.25, -0.2) is 0 Å². The molecule has 0 saturated carbocycles. The first-order valence-electron chi connectivity index (χ1n) is 9.33. The number of carbonyl (C=O) groups is 1. The van der Waals surface area contributed by atoms with Crippen molar-refractivity contribution < 1.29 is 9.32 Å². The molecule has 0 spiro atoms. The third-order valence-corrected chi connectivity index (χ3v) is 4.81. The molecule has 28 heavy (non-hydrogen) atoms. The minimum atomic E-state index is -0.312. The second-order valence-corrected chi connectivity index (χ2v) is 6.89. The van der Waals surface area contributed by atoms with Crippen LogP contribution >= 0.6 is 0 Å². The summed E-state index contributed by atoms with van der Waals surface area (Å²) in [6.07, 6.45) is 7.75. The molecule has 3 aromatic heterocycles. The zero-order valence-corrected chi connectivity index (χ0v) is 15.7. The van der Waals surface area contributed by atoms with Crippen molar-refractivity contribution >= 4 is 5.91 Å². The molecular weight excluding hydrogens is 356 g/mol. The minimum Gasteiger partial charge on any atom is -0.337 e. The van der Waals surface area contributed by atoms with E-state index in [2.05, 4.69) is 31.1 Å². The summed E-state index contributed by atoms with van der Waals surface area (Å²) in [6.45, 7) is 4.64. The van der Waals surface area contributed by atoms with Gasteiger partial charge < -0.3 is 9.42 Å². The van der Waals surface area contributed by atoms with Crippen LogP contribution < -0.4 is 0 Å². The lowest BCUT2D eigenvalue weighted by molar-refractivity contribution is 0.0631. The van der Waals surface area contributed by atoms with Gasteiger partial charge in [0, 0.05) is 51.0 Å². The summed E-state index contributed by atoms with van der Waals surface area (Å²) in [5.74, 6) is 0.955. The summed E-state index contributed by atoms with van der Waals surface area (Å²) in [7, 11) is 0. The number of aromatic nitrogens is 4. The molecule has 4 rings (SSSR count). The first kappa shape index (κ1) is 18.2. The highest BCUT2D eigenvalue weighted by Crippen LogP contribution is 2.26. The van der Waals surface area contributed by atoms with Crippen molar-refractivity contribution in [2.45, 2.75) is 25.9 Å². The summed E-state index contributed by atoms with van der Waals surface area (Å²) >= 11 is 0. The van der Waals surface area contributed by atoms with Crippen molar-refractivity contribution in [1.29, 1.82) is 0 Å². The van der Waals surface area contributed by atoms with Crippen molar-refractivity contribution in [3.8, 4) is 0 Å². The van der Waals surface area contributed by atoms with Gasteiger partial charge in [0.05, 0.1) is 5.56 Å². The number of amides is 1. The Morgan fingerprint density at radius 2 is 2.00 bits per heavy atom. The topological polar surface area (TPSA) is 88.3 Å². The normalized spacial score (nSPS) is 18.0. The lowest BCUT2D eigenvalue weighted by atomic mass is 10.1. The molecule has 1 saturated heterocycles. The fourth-order valence-corrected chi connectivity index (χ4v) is 3.51. The van der Waals surface area contributed by atoms with Gasteiger partial charge in [-0.15, -0.1) is 0 Å². The van der Waals surface area contributed by atoms with Gasteiger partial charge >= 0.3 is 0 Å². The molecule has 0 radical (unpaired) electrons. The predicted molar refractivity (Wildman–Crippen MR) is 101 cm³/mol. The molecule has 0 bridgehead atoms. The average Bonchev–Trinajstić information content (AvgIpc) is 3.05. The van der Waals surface area contributed by atoms with E-state index in [1.807, 2.05) is 17.2 Å². The second-order valence-electron chi connectivity index (χ2n) is 6.89. The standard InChI is InChI=1S/C20H22N6O2/c1-15-23-19(28-24-15)18-14-25(13-16-5-2-7-21-11-16)9-4-10-26(18)20(27)17-6-3-8-22-12-17/h2-3,5-8,11-12,18H,4,9-10,13-14H2,1H3. The average molecular weight is 378 g/mol. The Labute approximate surface area is 163 Å². The monoisotopic (exact) mass is 378 g/mol. The summed E-state index contributed by atoms with van der Waals surface area (Å²) in [5, 5.41) is 3.93. The van der Waals surface area contributed by atoms with Gasteiger partial charge in [-0.1, -0.05) is 11.2 Å². The molecule has 0 N–H and O–H groups in total. The Bertz CT molecular complexity index is 915. The van der Waals surface area contributed by atoms with E-state index in [1.54, 1.807) is 37.6 Å². The van der Waals surface area contributed by atoms with Gasteiger partial charge in [0.2, 0.25) is 0 Å². The molecular formula is C20H22N6O2. The molecule has 1 fully saturated rings. The van der Waals surface area contributed by atoms with E-state index < -0.39 is 0 Å². The fraction of sp³-hybridized carbons (Fsp3) is 0.350. The van der Waals surface area contributed by atoms with Crippen molar-refractivity contribution in [1.82, 2.24) is 29.9 Å². The zero-order chi connectivity index (χ0) is 19.3. The van der Waals surface area contributed by atoms with Gasteiger partial charge in [0.25, 0.3) is 11.8 Å². The third-order valence-electron chi connectivity index (χ3n) is 4.81. The number of aryl methyl sites for hydroxylation is 1. The lowest BCUT2D eigenvalue weighted by Gasteiger charge is -2.29. The Kier molecular flexibility index (Phi) is 5.38. The Balaban J connectivity index is 1.61. The maximum atomic E-state index is 13.2. The molecule has 0 aromatic carbocycles. The summed E-state index contributed by atoms with van der Waals surface area (Å²) in [6, 6.07) is 7.23. The molecule has 1 aliphatic rings. The highest BCUT2D eigenvalue weighted by molar-refractivity contribution is 5.94. The number of carbonyl (C=O) groups excluding carboxylic acids is 1. The Hall–Kier alpha value is -3.13. The molecule has 1 unspecified atom stereocenters. The molecule has 144 valence electrons. The Morgan fingerprint density at radius 1 is 1.18 bits per heavy atom. The number of hydrogen-bond acceptors (Lipinski definition) is 7. The minimum absolute atomic E-state index is 0.0721. The Morgan fingerprint density at radius 3 is 2.68 bits per heavy atom. The lowest BCUT2D eigenvalue weighted by Crippen LogP contribution is -2.38. The predicted octanol–water partition coefficient (Wildman–Crippen LogP) is 2.26. The van der Waals surface area contributed by atoms with Crippen molar-refractivity contribution in [3.05, 3.63) is 71.9 Å². The van der Waals surface area contributed by atoms with Crippen LogP contribution in [0.25, 0.3) is 0 Å². The van der Waals surface area contributed by atoms with Gasteiger partial charge in [0.15, 0.2) is 5.82 Å². The third kappa shape index (κ3) is 4.07. The molecule has 4 heterocycles. The van der Waals surface area contributed by atoms with Gasteiger partial charge in [-0.2, -0.15) is 4.98 Å². The molecule has 1 aliphatic heterocycles. The summed E-state index contributed by atoms with van der Waals surface area (Å²) < 4.78 is 5.46. The van der Waals surface area contributed by atoms with E-state index in [0.717, 1.165) is 25.1 Å². The maximum absolute atomic E-state index is 13.2. The van der Waals surface area contributed by atoms with Crippen molar-refractivity contribution in [2.24, 2.45) is 0 Å². The van der Waals surface area contributed by atoms with Crippen LogP contribution in [-0.2, 0) is 6.54 Å². The van der Waals surface area contributed by atoms with Gasteiger partial charge in [0.1, 0.15) is 6.04 Å². The first-order chi connectivity index (χ1) is 13.7. The highest BCUT2D eigenvalue weighted by Gasteiger charge is 2.34. The molecule has 3 aromatic rings. The SMILES string of the molecule is Cc1noc(C2CN(Cc3cccnc3)CCCN2C(=O)c2cccnc2)n1. The number of pyridine rings is 2. The highest BCUT2D eigenvalue weighted by atomic mass is 16.5. The first-order valence-corrected chi connectivity index (χ1v) is 9.33.